The Hall–Kier alpha value is -2.45. The number of primary amides is 1. The topological polar surface area (TPSA) is 93.4 Å². The maximum Gasteiger partial charge on any atom is 0.257 e. The molecule has 0 saturated carbocycles. The lowest BCUT2D eigenvalue weighted by Gasteiger charge is -2.12. The second kappa shape index (κ2) is 10.0. The zero-order chi connectivity index (χ0) is 21.7. The van der Waals surface area contributed by atoms with Gasteiger partial charge in [-0.25, -0.2) is 0 Å². The molecule has 0 radical (unpaired) electrons. The van der Waals surface area contributed by atoms with Gasteiger partial charge >= 0.3 is 0 Å². The van der Waals surface area contributed by atoms with E-state index in [1.165, 1.54) is 16.2 Å². The molecule has 6 nitrogen and oxygen atoms in total. The van der Waals surface area contributed by atoms with Gasteiger partial charge in [-0.2, -0.15) is 0 Å². The van der Waals surface area contributed by atoms with Gasteiger partial charge in [0.15, 0.2) is 5.11 Å². The number of thiophene rings is 1. The first-order chi connectivity index (χ1) is 14.3. The summed E-state index contributed by atoms with van der Waals surface area (Å²) in [5.74, 6) is 0.204. The van der Waals surface area contributed by atoms with E-state index in [1.54, 1.807) is 18.2 Å². The van der Waals surface area contributed by atoms with Crippen molar-refractivity contribution in [3.63, 3.8) is 0 Å². The molecule has 0 aliphatic heterocycles. The molecule has 4 N–H and O–H groups in total. The molecule has 1 aromatic heterocycles. The highest BCUT2D eigenvalue weighted by Crippen LogP contribution is 2.37. The number of rotatable bonds is 6. The minimum absolute atomic E-state index is 0.132. The van der Waals surface area contributed by atoms with E-state index in [9.17, 15) is 9.59 Å². The highest BCUT2D eigenvalue weighted by atomic mass is 32.1. The maximum atomic E-state index is 12.6. The van der Waals surface area contributed by atoms with E-state index in [0.29, 0.717) is 34.4 Å². The van der Waals surface area contributed by atoms with Crippen LogP contribution in [0.25, 0.3) is 0 Å². The van der Waals surface area contributed by atoms with Crippen molar-refractivity contribution in [1.29, 1.82) is 0 Å². The Kier molecular flexibility index (Phi) is 7.44. The van der Waals surface area contributed by atoms with Gasteiger partial charge in [-0.05, 0) is 67.6 Å². The second-order valence-corrected chi connectivity index (χ2v) is 9.29. The van der Waals surface area contributed by atoms with Gasteiger partial charge in [-0.15, -0.1) is 11.3 Å². The molecule has 1 heterocycles. The van der Waals surface area contributed by atoms with Crippen molar-refractivity contribution in [2.24, 2.45) is 11.7 Å². The van der Waals surface area contributed by atoms with Gasteiger partial charge in [0.05, 0.1) is 12.2 Å². The van der Waals surface area contributed by atoms with E-state index in [0.717, 1.165) is 37.7 Å². The monoisotopic (exact) mass is 445 g/mol. The van der Waals surface area contributed by atoms with Crippen molar-refractivity contribution in [2.75, 3.05) is 11.9 Å². The molecule has 3 rings (SSSR count). The second-order valence-electron chi connectivity index (χ2n) is 7.77. The van der Waals surface area contributed by atoms with E-state index in [-0.39, 0.29) is 11.0 Å². The molecule has 1 aliphatic rings. The van der Waals surface area contributed by atoms with Crippen LogP contribution in [0.4, 0.5) is 5.00 Å². The minimum atomic E-state index is -0.471. The average Bonchev–Trinajstić information content (AvgIpc) is 2.87. The molecule has 8 heteroatoms. The number of thiocarbonyl (C=S) groups is 1. The fourth-order valence-electron chi connectivity index (χ4n) is 3.39. The summed E-state index contributed by atoms with van der Waals surface area (Å²) in [6.07, 6.45) is 5.07. The molecular weight excluding hydrogens is 418 g/mol. The number of ether oxygens (including phenoxy) is 1. The number of fused-ring (bicyclic) bond motifs is 1. The van der Waals surface area contributed by atoms with Crippen LogP contribution in [0.15, 0.2) is 24.3 Å². The van der Waals surface area contributed by atoms with Crippen molar-refractivity contribution >= 4 is 45.5 Å². The Labute approximate surface area is 186 Å². The zero-order valence-corrected chi connectivity index (χ0v) is 18.9. The highest BCUT2D eigenvalue weighted by Gasteiger charge is 2.24. The van der Waals surface area contributed by atoms with Gasteiger partial charge in [-0.1, -0.05) is 26.3 Å². The van der Waals surface area contributed by atoms with Crippen LogP contribution in [0, 0.1) is 5.92 Å². The minimum Gasteiger partial charge on any atom is -0.493 e. The van der Waals surface area contributed by atoms with Gasteiger partial charge in [-0.3, -0.25) is 14.9 Å². The number of nitrogens with two attached hydrogens (primary N) is 1. The summed E-state index contributed by atoms with van der Waals surface area (Å²) in [6, 6.07) is 6.96. The first-order valence-corrected chi connectivity index (χ1v) is 11.4. The van der Waals surface area contributed by atoms with E-state index in [4.69, 9.17) is 22.7 Å². The van der Waals surface area contributed by atoms with Crippen LogP contribution >= 0.6 is 23.6 Å². The molecule has 0 bridgehead atoms. The summed E-state index contributed by atoms with van der Waals surface area (Å²) < 4.78 is 5.68. The molecule has 0 spiro atoms. The summed E-state index contributed by atoms with van der Waals surface area (Å²) in [7, 11) is 0. The number of aryl methyl sites for hydroxylation is 1. The molecule has 160 valence electrons. The van der Waals surface area contributed by atoms with Crippen LogP contribution in [0.5, 0.6) is 5.75 Å². The lowest BCUT2D eigenvalue weighted by atomic mass is 10.1. The Morgan fingerprint density at radius 2 is 2.00 bits per heavy atom. The molecule has 2 aromatic rings. The van der Waals surface area contributed by atoms with E-state index < -0.39 is 5.91 Å². The molecule has 1 aromatic carbocycles. The number of carbonyl (C=O) groups excluding carboxylic acids is 2. The van der Waals surface area contributed by atoms with Gasteiger partial charge < -0.3 is 15.8 Å². The quantitative estimate of drug-likeness (QED) is 0.456. The number of benzene rings is 1. The molecule has 1 aliphatic carbocycles. The summed E-state index contributed by atoms with van der Waals surface area (Å²) in [5.41, 5.74) is 7.62. The van der Waals surface area contributed by atoms with Crippen LogP contribution in [-0.4, -0.2) is 23.5 Å². The van der Waals surface area contributed by atoms with Gasteiger partial charge in [0.2, 0.25) is 0 Å². The van der Waals surface area contributed by atoms with E-state index in [1.807, 2.05) is 6.07 Å². The van der Waals surface area contributed by atoms with Crippen LogP contribution in [0.1, 0.15) is 64.3 Å². The first-order valence-electron chi connectivity index (χ1n) is 10.1. The van der Waals surface area contributed by atoms with E-state index in [2.05, 4.69) is 24.5 Å². The lowest BCUT2D eigenvalue weighted by molar-refractivity contribution is 0.0975. The van der Waals surface area contributed by atoms with Gasteiger partial charge in [0.1, 0.15) is 10.8 Å². The molecule has 30 heavy (non-hydrogen) atoms. The Morgan fingerprint density at radius 3 is 2.73 bits per heavy atom. The third kappa shape index (κ3) is 5.58. The van der Waals surface area contributed by atoms with Crippen molar-refractivity contribution in [3.8, 4) is 5.75 Å². The van der Waals surface area contributed by atoms with Crippen molar-refractivity contribution in [1.82, 2.24) is 5.32 Å². The highest BCUT2D eigenvalue weighted by molar-refractivity contribution is 7.80. The van der Waals surface area contributed by atoms with Crippen molar-refractivity contribution in [3.05, 3.63) is 45.8 Å². The van der Waals surface area contributed by atoms with E-state index >= 15 is 0 Å². The van der Waals surface area contributed by atoms with Gasteiger partial charge in [0.25, 0.3) is 11.8 Å². The molecule has 0 saturated heterocycles. The standard InChI is InChI=1S/C22H27N3O3S2/c1-13(2)12-28-15-8-6-7-14(11-15)20(27)24-22(29)25-21-18(19(23)26)16-9-4-3-5-10-17(16)30-21/h6-8,11,13H,3-5,9-10,12H2,1-2H3,(H2,23,26)(H2,24,25,27,29). The Morgan fingerprint density at radius 1 is 1.23 bits per heavy atom. The number of hydrogen-bond acceptors (Lipinski definition) is 5. The Balaban J connectivity index is 1.69. The summed E-state index contributed by atoms with van der Waals surface area (Å²) >= 11 is 6.82. The number of amides is 2. The van der Waals surface area contributed by atoms with Crippen molar-refractivity contribution in [2.45, 2.75) is 46.0 Å². The molecular formula is C22H27N3O3S2. The summed E-state index contributed by atoms with van der Waals surface area (Å²) in [6.45, 7) is 4.69. The molecule has 0 atom stereocenters. The number of nitrogens with one attached hydrogen (secondary N) is 2. The fraction of sp³-hybridized carbons (Fsp3) is 0.409. The third-order valence-corrected chi connectivity index (χ3v) is 6.21. The summed E-state index contributed by atoms with van der Waals surface area (Å²) in [4.78, 5) is 25.9. The maximum absolute atomic E-state index is 12.6. The Bertz CT molecular complexity index is 953. The number of anilines is 1. The third-order valence-electron chi connectivity index (χ3n) is 4.80. The van der Waals surface area contributed by atoms with Crippen molar-refractivity contribution < 1.29 is 14.3 Å². The lowest BCUT2D eigenvalue weighted by Crippen LogP contribution is -2.34. The predicted molar refractivity (Wildman–Crippen MR) is 125 cm³/mol. The number of hydrogen-bond donors (Lipinski definition) is 3. The van der Waals surface area contributed by atoms with Crippen LogP contribution < -0.4 is 21.1 Å². The van der Waals surface area contributed by atoms with Gasteiger partial charge in [0, 0.05) is 10.4 Å². The SMILES string of the molecule is CC(C)COc1cccc(C(=O)NC(=S)Nc2sc3c(c2C(N)=O)CCCCC3)c1. The van der Waals surface area contributed by atoms with Crippen LogP contribution in [0.2, 0.25) is 0 Å². The molecule has 2 amide bonds. The first kappa shape index (κ1) is 22.2. The van der Waals surface area contributed by atoms with Crippen LogP contribution in [-0.2, 0) is 12.8 Å². The molecule has 0 fully saturated rings. The van der Waals surface area contributed by atoms with Crippen LogP contribution in [0.3, 0.4) is 0 Å². The predicted octanol–water partition coefficient (Wildman–Crippen LogP) is 4.28. The fourth-order valence-corrected chi connectivity index (χ4v) is 4.95. The number of carbonyl (C=O) groups is 2. The average molecular weight is 446 g/mol. The normalized spacial score (nSPS) is 13.3. The molecule has 0 unspecified atom stereocenters. The largest absolute Gasteiger partial charge is 0.493 e. The zero-order valence-electron chi connectivity index (χ0n) is 17.2. The smallest absolute Gasteiger partial charge is 0.257 e. The summed E-state index contributed by atoms with van der Waals surface area (Å²) in [5, 5.41) is 6.42.